The number of thiazole rings is 1. The van der Waals surface area contributed by atoms with Crippen LogP contribution in [0.2, 0.25) is 0 Å². The fourth-order valence-electron chi connectivity index (χ4n) is 1.89. The van der Waals surface area contributed by atoms with Crippen LogP contribution < -0.4 is 10.1 Å². The topological polar surface area (TPSA) is 77.3 Å². The molecule has 2 rings (SSSR count). The fourth-order valence-corrected chi connectivity index (χ4v) is 2.75. The first kappa shape index (κ1) is 15.2. The molecule has 0 saturated heterocycles. The summed E-state index contributed by atoms with van der Waals surface area (Å²) in [5.74, 6) is 0.451. The van der Waals surface area contributed by atoms with E-state index in [0.717, 1.165) is 11.4 Å². The second kappa shape index (κ2) is 6.53. The lowest BCUT2D eigenvalue weighted by Crippen LogP contribution is -2.06. The highest BCUT2D eigenvalue weighted by Crippen LogP contribution is 2.29. The van der Waals surface area contributed by atoms with Crippen molar-refractivity contribution in [2.24, 2.45) is 0 Å². The Balaban J connectivity index is 2.21. The number of methoxy groups -OCH3 is 1. The highest BCUT2D eigenvalue weighted by Gasteiger charge is 2.14. The Morgan fingerprint density at radius 1 is 1.48 bits per heavy atom. The molecule has 1 unspecified atom stereocenters. The molecule has 2 aromatic rings. The Bertz CT molecular complexity index is 642. The summed E-state index contributed by atoms with van der Waals surface area (Å²) in [5, 5.41) is 15.1. The molecule has 1 aromatic carbocycles. The third kappa shape index (κ3) is 3.69. The molecule has 0 radical (unpaired) electrons. The number of aryl methyl sites for hydroxylation is 1. The van der Waals surface area contributed by atoms with Crippen molar-refractivity contribution in [1.29, 1.82) is 0 Å². The van der Waals surface area contributed by atoms with Gasteiger partial charge >= 0.3 is 0 Å². The summed E-state index contributed by atoms with van der Waals surface area (Å²) in [6.45, 7) is 4.06. The van der Waals surface area contributed by atoms with Gasteiger partial charge in [0, 0.05) is 28.9 Å². The van der Waals surface area contributed by atoms with Gasteiger partial charge in [0.25, 0.3) is 5.69 Å². The first-order valence-corrected chi connectivity index (χ1v) is 7.39. The molecule has 1 atom stereocenters. The smallest absolute Gasteiger partial charge is 0.275 e. The zero-order valence-electron chi connectivity index (χ0n) is 12.1. The number of hydrogen-bond acceptors (Lipinski definition) is 6. The monoisotopic (exact) mass is 307 g/mol. The lowest BCUT2D eigenvalue weighted by atomic mass is 10.2. The SMILES string of the molecule is CCc1cnc(C(C)Nc2cc(OC)cc([N+](=O)[O-])c2)s1. The van der Waals surface area contributed by atoms with Crippen molar-refractivity contribution < 1.29 is 9.66 Å². The molecule has 0 aliphatic heterocycles. The predicted octanol–water partition coefficient (Wildman–Crippen LogP) is 3.80. The molecule has 1 aromatic heterocycles. The predicted molar refractivity (Wildman–Crippen MR) is 83.2 cm³/mol. The number of nitrogens with zero attached hydrogens (tertiary/aromatic N) is 2. The molecule has 1 heterocycles. The van der Waals surface area contributed by atoms with E-state index in [-0.39, 0.29) is 11.7 Å². The van der Waals surface area contributed by atoms with E-state index in [2.05, 4.69) is 17.2 Å². The number of aromatic nitrogens is 1. The van der Waals surface area contributed by atoms with Crippen LogP contribution in [0.4, 0.5) is 11.4 Å². The fraction of sp³-hybridized carbons (Fsp3) is 0.357. The molecule has 7 heteroatoms. The molecule has 112 valence electrons. The molecule has 0 saturated carbocycles. The summed E-state index contributed by atoms with van der Waals surface area (Å²) >= 11 is 1.64. The van der Waals surface area contributed by atoms with Crippen molar-refractivity contribution in [3.05, 3.63) is 44.4 Å². The molecule has 0 aliphatic rings. The van der Waals surface area contributed by atoms with Crippen molar-refractivity contribution >= 4 is 22.7 Å². The van der Waals surface area contributed by atoms with Gasteiger partial charge in [0.05, 0.1) is 24.1 Å². The van der Waals surface area contributed by atoms with Crippen LogP contribution in [0.5, 0.6) is 5.75 Å². The highest BCUT2D eigenvalue weighted by molar-refractivity contribution is 7.11. The van der Waals surface area contributed by atoms with Gasteiger partial charge in [-0.1, -0.05) is 6.92 Å². The zero-order chi connectivity index (χ0) is 15.4. The number of non-ortho nitro benzene ring substituents is 1. The summed E-state index contributed by atoms with van der Waals surface area (Å²) in [5.41, 5.74) is 0.638. The summed E-state index contributed by atoms with van der Waals surface area (Å²) < 4.78 is 5.10. The molecular weight excluding hydrogens is 290 g/mol. The second-order valence-electron chi connectivity index (χ2n) is 4.56. The lowest BCUT2D eigenvalue weighted by Gasteiger charge is -2.13. The van der Waals surface area contributed by atoms with Crippen molar-refractivity contribution in [3.63, 3.8) is 0 Å². The van der Waals surface area contributed by atoms with E-state index >= 15 is 0 Å². The molecule has 1 N–H and O–H groups in total. The van der Waals surface area contributed by atoms with Crippen LogP contribution in [0, 0.1) is 10.1 Å². The highest BCUT2D eigenvalue weighted by atomic mass is 32.1. The van der Waals surface area contributed by atoms with Crippen molar-refractivity contribution in [2.75, 3.05) is 12.4 Å². The number of rotatable bonds is 6. The van der Waals surface area contributed by atoms with E-state index in [1.54, 1.807) is 17.4 Å². The number of benzene rings is 1. The Morgan fingerprint density at radius 2 is 2.24 bits per heavy atom. The van der Waals surface area contributed by atoms with Crippen molar-refractivity contribution in [2.45, 2.75) is 26.3 Å². The normalized spacial score (nSPS) is 12.0. The minimum Gasteiger partial charge on any atom is -0.496 e. The standard InChI is InChI=1S/C14H17N3O3S/c1-4-13-8-15-14(21-13)9(2)16-10-5-11(17(18)19)7-12(6-10)20-3/h5-9,16H,4H2,1-3H3. The number of nitro benzene ring substituents is 1. The van der Waals surface area contributed by atoms with Gasteiger partial charge in [0.2, 0.25) is 0 Å². The third-order valence-corrected chi connectivity index (χ3v) is 4.34. The Kier molecular flexibility index (Phi) is 4.74. The lowest BCUT2D eigenvalue weighted by molar-refractivity contribution is -0.384. The van der Waals surface area contributed by atoms with Crippen LogP contribution >= 0.6 is 11.3 Å². The minimum atomic E-state index is -0.434. The van der Waals surface area contributed by atoms with Gasteiger partial charge in [0.1, 0.15) is 10.8 Å². The molecule has 0 spiro atoms. The van der Waals surface area contributed by atoms with Gasteiger partial charge in [-0.3, -0.25) is 10.1 Å². The van der Waals surface area contributed by atoms with Gasteiger partial charge in [-0.15, -0.1) is 11.3 Å². The number of anilines is 1. The third-order valence-electron chi connectivity index (χ3n) is 3.01. The second-order valence-corrected chi connectivity index (χ2v) is 5.71. The number of hydrogen-bond donors (Lipinski definition) is 1. The molecule has 0 fully saturated rings. The average Bonchev–Trinajstić information content (AvgIpc) is 2.95. The largest absolute Gasteiger partial charge is 0.496 e. The maximum Gasteiger partial charge on any atom is 0.275 e. The number of nitro groups is 1. The summed E-state index contributed by atoms with van der Waals surface area (Å²) in [6, 6.07) is 4.60. The first-order valence-electron chi connectivity index (χ1n) is 6.58. The molecular formula is C14H17N3O3S. The van der Waals surface area contributed by atoms with Gasteiger partial charge < -0.3 is 10.1 Å². The van der Waals surface area contributed by atoms with E-state index < -0.39 is 4.92 Å². The van der Waals surface area contributed by atoms with E-state index in [1.807, 2.05) is 13.1 Å². The van der Waals surface area contributed by atoms with E-state index in [9.17, 15) is 10.1 Å². The average molecular weight is 307 g/mol. The summed E-state index contributed by atoms with van der Waals surface area (Å²) in [7, 11) is 1.49. The van der Waals surface area contributed by atoms with Crippen molar-refractivity contribution in [3.8, 4) is 5.75 Å². The molecule has 21 heavy (non-hydrogen) atoms. The quantitative estimate of drug-likeness (QED) is 0.649. The Labute approximate surface area is 126 Å². The van der Waals surface area contributed by atoms with E-state index in [4.69, 9.17) is 4.74 Å². The zero-order valence-corrected chi connectivity index (χ0v) is 12.9. The van der Waals surface area contributed by atoms with Crippen LogP contribution in [0.3, 0.4) is 0 Å². The molecule has 0 bridgehead atoms. The number of ether oxygens (including phenoxy) is 1. The van der Waals surface area contributed by atoms with Gasteiger partial charge in [-0.05, 0) is 13.3 Å². The first-order chi connectivity index (χ1) is 10.0. The maximum absolute atomic E-state index is 10.9. The van der Waals surface area contributed by atoms with E-state index in [0.29, 0.717) is 11.4 Å². The molecule has 0 amide bonds. The minimum absolute atomic E-state index is 0.00237. The summed E-state index contributed by atoms with van der Waals surface area (Å²) in [4.78, 5) is 16.1. The van der Waals surface area contributed by atoms with Crippen molar-refractivity contribution in [1.82, 2.24) is 4.98 Å². The van der Waals surface area contributed by atoms with Crippen LogP contribution in [0.25, 0.3) is 0 Å². The summed E-state index contributed by atoms with van der Waals surface area (Å²) in [6.07, 6.45) is 2.82. The molecule has 0 aliphatic carbocycles. The Hall–Kier alpha value is -2.15. The van der Waals surface area contributed by atoms with Gasteiger partial charge in [0.15, 0.2) is 0 Å². The maximum atomic E-state index is 10.9. The molecule has 6 nitrogen and oxygen atoms in total. The van der Waals surface area contributed by atoms with Crippen LogP contribution in [0.1, 0.15) is 29.8 Å². The van der Waals surface area contributed by atoms with Crippen LogP contribution in [-0.2, 0) is 6.42 Å². The van der Waals surface area contributed by atoms with E-state index in [1.165, 1.54) is 24.1 Å². The van der Waals surface area contributed by atoms with Gasteiger partial charge in [-0.2, -0.15) is 0 Å². The number of nitrogens with one attached hydrogen (secondary N) is 1. The van der Waals surface area contributed by atoms with Crippen LogP contribution in [0.15, 0.2) is 24.4 Å². The van der Waals surface area contributed by atoms with Gasteiger partial charge in [-0.25, -0.2) is 4.98 Å². The van der Waals surface area contributed by atoms with Crippen LogP contribution in [-0.4, -0.2) is 17.0 Å². The Morgan fingerprint density at radius 3 is 2.81 bits per heavy atom.